The van der Waals surface area contributed by atoms with Gasteiger partial charge in [-0.2, -0.15) is 0 Å². The number of carbonyl (C=O) groups excluding carboxylic acids is 3. The number of fused-ring (bicyclic) bond motifs is 1. The minimum atomic E-state index is -1.16. The number of aliphatic carboxylic acids is 1. The van der Waals surface area contributed by atoms with Crippen molar-refractivity contribution in [2.24, 2.45) is 11.7 Å². The average molecular weight is 458 g/mol. The van der Waals surface area contributed by atoms with Crippen molar-refractivity contribution in [1.82, 2.24) is 20.5 Å². The molecule has 33 heavy (non-hydrogen) atoms. The van der Waals surface area contributed by atoms with E-state index >= 15 is 0 Å². The van der Waals surface area contributed by atoms with E-state index in [-0.39, 0.29) is 11.8 Å². The Morgan fingerprint density at radius 2 is 1.97 bits per heavy atom. The van der Waals surface area contributed by atoms with E-state index in [0.29, 0.717) is 25.8 Å². The number of hydrogen-bond donors (Lipinski definition) is 5. The Hall–Kier alpha value is -3.40. The maximum absolute atomic E-state index is 13.3. The number of aromatic nitrogens is 1. The second kappa shape index (κ2) is 10.5. The molecule has 10 nitrogen and oxygen atoms in total. The van der Waals surface area contributed by atoms with E-state index in [9.17, 15) is 19.2 Å². The van der Waals surface area contributed by atoms with Gasteiger partial charge in [0, 0.05) is 23.6 Å². The van der Waals surface area contributed by atoms with Gasteiger partial charge in [0.1, 0.15) is 18.6 Å². The molecule has 3 unspecified atom stereocenters. The fourth-order valence-corrected chi connectivity index (χ4v) is 4.17. The van der Waals surface area contributed by atoms with E-state index < -0.39 is 42.5 Å². The summed E-state index contributed by atoms with van der Waals surface area (Å²) in [4.78, 5) is 53.9. The number of likely N-dealkylation sites (tertiary alicyclic amines) is 1. The number of nitrogens with one attached hydrogen (secondary N) is 3. The summed E-state index contributed by atoms with van der Waals surface area (Å²) < 4.78 is 0. The highest BCUT2D eigenvalue weighted by Gasteiger charge is 2.39. The van der Waals surface area contributed by atoms with Gasteiger partial charge >= 0.3 is 5.97 Å². The van der Waals surface area contributed by atoms with Gasteiger partial charge in [-0.25, -0.2) is 0 Å². The Balaban J connectivity index is 1.66. The first-order valence-corrected chi connectivity index (χ1v) is 11.1. The van der Waals surface area contributed by atoms with Crippen molar-refractivity contribution in [2.75, 3.05) is 13.1 Å². The maximum atomic E-state index is 13.3. The predicted molar refractivity (Wildman–Crippen MR) is 122 cm³/mol. The fourth-order valence-electron chi connectivity index (χ4n) is 4.17. The molecule has 3 amide bonds. The van der Waals surface area contributed by atoms with Crippen molar-refractivity contribution < 1.29 is 24.3 Å². The van der Waals surface area contributed by atoms with Crippen molar-refractivity contribution in [3.63, 3.8) is 0 Å². The van der Waals surface area contributed by atoms with E-state index in [1.54, 1.807) is 0 Å². The highest BCUT2D eigenvalue weighted by molar-refractivity contribution is 5.94. The summed E-state index contributed by atoms with van der Waals surface area (Å²) >= 11 is 0. The fraction of sp³-hybridized carbons (Fsp3) is 0.478. The summed E-state index contributed by atoms with van der Waals surface area (Å²) in [6, 6.07) is 5.27. The second-order valence-electron chi connectivity index (χ2n) is 8.70. The summed E-state index contributed by atoms with van der Waals surface area (Å²) in [6.07, 6.45) is 3.19. The molecule has 3 rings (SSSR count). The quantitative estimate of drug-likeness (QED) is 0.366. The monoisotopic (exact) mass is 457 g/mol. The highest BCUT2D eigenvalue weighted by atomic mass is 16.4. The number of carbonyl (C=O) groups is 4. The molecule has 1 aromatic heterocycles. The van der Waals surface area contributed by atoms with Gasteiger partial charge in [0.05, 0.1) is 6.04 Å². The zero-order chi connectivity index (χ0) is 24.1. The first-order chi connectivity index (χ1) is 15.7. The smallest absolute Gasteiger partial charge is 0.322 e. The normalized spacial score (nSPS) is 17.7. The number of rotatable bonds is 9. The summed E-state index contributed by atoms with van der Waals surface area (Å²) in [7, 11) is 0. The van der Waals surface area contributed by atoms with Crippen LogP contribution in [0.3, 0.4) is 0 Å². The van der Waals surface area contributed by atoms with E-state index in [1.165, 1.54) is 4.90 Å². The third-order valence-corrected chi connectivity index (χ3v) is 5.93. The van der Waals surface area contributed by atoms with Crippen LogP contribution in [0.15, 0.2) is 30.5 Å². The van der Waals surface area contributed by atoms with E-state index in [4.69, 9.17) is 10.8 Å². The van der Waals surface area contributed by atoms with Crippen LogP contribution in [0.4, 0.5) is 0 Å². The molecule has 1 fully saturated rings. The number of amides is 3. The summed E-state index contributed by atoms with van der Waals surface area (Å²) in [6.45, 7) is 3.47. The molecule has 0 spiro atoms. The molecular weight excluding hydrogens is 426 g/mol. The average Bonchev–Trinajstić information content (AvgIpc) is 3.42. The molecule has 1 aliphatic rings. The molecule has 0 bridgehead atoms. The number of H-pyrrole nitrogens is 1. The molecule has 178 valence electrons. The largest absolute Gasteiger partial charge is 0.480 e. The van der Waals surface area contributed by atoms with Gasteiger partial charge in [-0.15, -0.1) is 0 Å². The predicted octanol–water partition coefficient (Wildman–Crippen LogP) is 0.370. The van der Waals surface area contributed by atoms with Crippen LogP contribution in [0.25, 0.3) is 10.9 Å². The number of aromatic amines is 1. The molecule has 1 aromatic carbocycles. The van der Waals surface area contributed by atoms with Gasteiger partial charge in [-0.05, 0) is 36.8 Å². The third-order valence-electron chi connectivity index (χ3n) is 5.93. The van der Waals surface area contributed by atoms with Crippen molar-refractivity contribution in [1.29, 1.82) is 0 Å². The Labute approximate surface area is 191 Å². The van der Waals surface area contributed by atoms with Crippen LogP contribution in [0.2, 0.25) is 0 Å². The van der Waals surface area contributed by atoms with E-state index in [1.807, 2.05) is 44.3 Å². The van der Waals surface area contributed by atoms with Gasteiger partial charge in [-0.1, -0.05) is 32.0 Å². The molecule has 0 radical (unpaired) electrons. The molecule has 6 N–H and O–H groups in total. The van der Waals surface area contributed by atoms with Gasteiger partial charge in [0.2, 0.25) is 17.7 Å². The number of benzene rings is 1. The van der Waals surface area contributed by atoms with E-state index in [2.05, 4.69) is 15.6 Å². The molecule has 0 aliphatic carbocycles. The van der Waals surface area contributed by atoms with E-state index in [0.717, 1.165) is 16.5 Å². The third kappa shape index (κ3) is 5.70. The SMILES string of the molecule is CC(C)C(NC(=O)C(N)Cc1c[nH]c2ccccc12)C(=O)N1CCCC1C(=O)NCC(=O)O. The Morgan fingerprint density at radius 1 is 1.24 bits per heavy atom. The maximum Gasteiger partial charge on any atom is 0.322 e. The van der Waals surface area contributed by atoms with Crippen molar-refractivity contribution in [3.8, 4) is 0 Å². The van der Waals surface area contributed by atoms with Gasteiger partial charge in [0.25, 0.3) is 0 Å². The number of hydrogen-bond acceptors (Lipinski definition) is 5. The molecule has 1 saturated heterocycles. The number of carboxylic acids is 1. The van der Waals surface area contributed by atoms with Gasteiger partial charge in [0.15, 0.2) is 0 Å². The van der Waals surface area contributed by atoms with Crippen molar-refractivity contribution >= 4 is 34.6 Å². The highest BCUT2D eigenvalue weighted by Crippen LogP contribution is 2.21. The molecule has 2 heterocycles. The van der Waals surface area contributed by atoms with Crippen LogP contribution in [0, 0.1) is 5.92 Å². The first-order valence-electron chi connectivity index (χ1n) is 11.1. The summed E-state index contributed by atoms with van der Waals surface area (Å²) in [5.41, 5.74) is 8.04. The molecular formula is C23H31N5O5. The minimum Gasteiger partial charge on any atom is -0.480 e. The Morgan fingerprint density at radius 3 is 2.67 bits per heavy atom. The summed E-state index contributed by atoms with van der Waals surface area (Å²) in [5.74, 6) is -2.71. The van der Waals surface area contributed by atoms with Gasteiger partial charge in [-0.3, -0.25) is 19.2 Å². The lowest BCUT2D eigenvalue weighted by Gasteiger charge is -2.31. The molecule has 10 heteroatoms. The number of nitrogens with zero attached hydrogens (tertiary/aromatic N) is 1. The van der Waals surface area contributed by atoms with Crippen LogP contribution in [0.1, 0.15) is 32.3 Å². The van der Waals surface area contributed by atoms with Crippen LogP contribution in [-0.2, 0) is 25.6 Å². The lowest BCUT2D eigenvalue weighted by Crippen LogP contribution is -2.57. The lowest BCUT2D eigenvalue weighted by atomic mass is 10.00. The van der Waals surface area contributed by atoms with Crippen molar-refractivity contribution in [3.05, 3.63) is 36.0 Å². The standard InChI is InChI=1S/C23H31N5O5/c1-13(2)20(23(33)28-9-5-8-18(28)22(32)26-12-19(29)30)27-21(31)16(24)10-14-11-25-17-7-4-3-6-15(14)17/h3-4,6-7,11,13,16,18,20,25H,5,8-10,12,24H2,1-2H3,(H,26,32)(H,27,31)(H,29,30). The molecule has 3 atom stereocenters. The zero-order valence-corrected chi connectivity index (χ0v) is 18.8. The second-order valence-corrected chi connectivity index (χ2v) is 8.70. The number of para-hydroxylation sites is 1. The first kappa shape index (κ1) is 24.2. The summed E-state index contributed by atoms with van der Waals surface area (Å²) in [5, 5.41) is 14.9. The number of carboxylic acid groups (broad SMARTS) is 1. The van der Waals surface area contributed by atoms with Crippen molar-refractivity contribution in [2.45, 2.75) is 51.2 Å². The molecule has 1 aliphatic heterocycles. The van der Waals surface area contributed by atoms with Gasteiger partial charge < -0.3 is 31.4 Å². The molecule has 0 saturated carbocycles. The van der Waals surface area contributed by atoms with Crippen LogP contribution < -0.4 is 16.4 Å². The Bertz CT molecular complexity index is 1030. The topological polar surface area (TPSA) is 158 Å². The Kier molecular flexibility index (Phi) is 7.70. The minimum absolute atomic E-state index is 0.231. The van der Waals surface area contributed by atoms with Crippen LogP contribution >= 0.6 is 0 Å². The lowest BCUT2D eigenvalue weighted by molar-refractivity contribution is -0.143. The molecule has 2 aromatic rings. The number of nitrogens with two attached hydrogens (primary N) is 1. The van der Waals surface area contributed by atoms with Crippen LogP contribution in [-0.4, -0.2) is 69.9 Å². The zero-order valence-electron chi connectivity index (χ0n) is 18.8. The van der Waals surface area contributed by atoms with Crippen LogP contribution in [0.5, 0.6) is 0 Å².